The molecular weight excluding hydrogens is 316 g/mol. The van der Waals surface area contributed by atoms with Crippen molar-refractivity contribution in [2.45, 2.75) is 25.7 Å². The Morgan fingerprint density at radius 3 is 2.38 bits per heavy atom. The van der Waals surface area contributed by atoms with E-state index in [1.807, 2.05) is 30.3 Å². The van der Waals surface area contributed by atoms with Crippen LogP contribution in [0.3, 0.4) is 0 Å². The first-order valence-corrected chi connectivity index (χ1v) is 7.54. The van der Waals surface area contributed by atoms with Crippen molar-refractivity contribution < 1.29 is 23.4 Å². The molecule has 0 aliphatic rings. The van der Waals surface area contributed by atoms with Crippen LogP contribution in [0.25, 0.3) is 0 Å². The maximum Gasteiger partial charge on any atom is 0.248 e. The fourth-order valence-corrected chi connectivity index (χ4v) is 2.14. The number of rotatable bonds is 7. The average Bonchev–Trinajstić information content (AvgIpc) is 2.58. The van der Waals surface area contributed by atoms with Crippen LogP contribution in [0.15, 0.2) is 48.5 Å². The van der Waals surface area contributed by atoms with Crippen molar-refractivity contribution in [3.05, 3.63) is 71.3 Å². The van der Waals surface area contributed by atoms with E-state index >= 15 is 0 Å². The van der Waals surface area contributed by atoms with Crippen molar-refractivity contribution in [3.8, 4) is 0 Å². The van der Waals surface area contributed by atoms with E-state index in [-0.39, 0.29) is 13.2 Å². The second-order valence-corrected chi connectivity index (χ2v) is 5.34. The Hall–Kier alpha value is -2.31. The summed E-state index contributed by atoms with van der Waals surface area (Å²) in [6.45, 7) is 1.52. The lowest BCUT2D eigenvalue weighted by Gasteiger charge is -2.17. The first-order valence-electron chi connectivity index (χ1n) is 7.54. The highest BCUT2D eigenvalue weighted by molar-refractivity contribution is 5.80. The molecule has 128 valence electrons. The second kappa shape index (κ2) is 8.52. The van der Waals surface area contributed by atoms with Gasteiger partial charge in [0.05, 0.1) is 12.2 Å². The summed E-state index contributed by atoms with van der Waals surface area (Å²) in [5.41, 5.74) is 0.460. The van der Waals surface area contributed by atoms with E-state index in [0.29, 0.717) is 0 Å². The van der Waals surface area contributed by atoms with Crippen LogP contribution >= 0.6 is 0 Å². The topological polar surface area (TPSA) is 58.6 Å². The smallest absolute Gasteiger partial charge is 0.248 e. The fraction of sp³-hybridized carbons (Fsp3) is 0.278. The fourth-order valence-electron chi connectivity index (χ4n) is 2.14. The number of hydrogen-bond donors (Lipinski definition) is 2. The third kappa shape index (κ3) is 4.84. The normalized spacial score (nSPS) is 13.3. The molecule has 2 N–H and O–H groups in total. The van der Waals surface area contributed by atoms with Gasteiger partial charge in [0, 0.05) is 6.54 Å². The third-order valence-corrected chi connectivity index (χ3v) is 3.51. The molecule has 0 aromatic heterocycles. The number of aliphatic hydroxyl groups excluding tert-OH is 1. The lowest BCUT2D eigenvalue weighted by Crippen LogP contribution is -2.37. The van der Waals surface area contributed by atoms with E-state index in [1.165, 1.54) is 6.07 Å². The molecule has 0 radical (unpaired) electrons. The standard InChI is InChI=1S/C18H19F2NO3/c1-12(24-11-13-6-3-2-4-7-13)18(23)21-10-16(22)17-14(19)8-5-9-15(17)20/h2-9,12,16,22H,10-11H2,1H3,(H,21,23). The van der Waals surface area contributed by atoms with Gasteiger partial charge in [-0.05, 0) is 24.6 Å². The highest BCUT2D eigenvalue weighted by atomic mass is 19.1. The summed E-state index contributed by atoms with van der Waals surface area (Å²) in [7, 11) is 0. The van der Waals surface area contributed by atoms with Gasteiger partial charge in [-0.2, -0.15) is 0 Å². The van der Waals surface area contributed by atoms with E-state index in [9.17, 15) is 18.7 Å². The quantitative estimate of drug-likeness (QED) is 0.818. The van der Waals surface area contributed by atoms with Crippen LogP contribution in [-0.4, -0.2) is 23.7 Å². The Labute approximate surface area is 139 Å². The van der Waals surface area contributed by atoms with Crippen molar-refractivity contribution in [1.82, 2.24) is 5.32 Å². The zero-order valence-electron chi connectivity index (χ0n) is 13.2. The summed E-state index contributed by atoms with van der Waals surface area (Å²) in [6, 6.07) is 12.7. The molecule has 6 heteroatoms. The van der Waals surface area contributed by atoms with Crippen LogP contribution in [0, 0.1) is 11.6 Å². The molecule has 2 aromatic carbocycles. The number of ether oxygens (including phenoxy) is 1. The van der Waals surface area contributed by atoms with Crippen molar-refractivity contribution in [2.24, 2.45) is 0 Å². The van der Waals surface area contributed by atoms with Gasteiger partial charge in [0.25, 0.3) is 0 Å². The Kier molecular flexibility index (Phi) is 6.40. The molecule has 1 amide bonds. The average molecular weight is 335 g/mol. The second-order valence-electron chi connectivity index (χ2n) is 5.34. The molecule has 2 atom stereocenters. The molecule has 0 aliphatic heterocycles. The highest BCUT2D eigenvalue weighted by Crippen LogP contribution is 2.20. The molecule has 0 spiro atoms. The molecule has 0 bridgehead atoms. The lowest BCUT2D eigenvalue weighted by atomic mass is 10.1. The van der Waals surface area contributed by atoms with Gasteiger partial charge in [-0.3, -0.25) is 4.79 Å². The van der Waals surface area contributed by atoms with Crippen LogP contribution < -0.4 is 5.32 Å². The molecule has 0 heterocycles. The van der Waals surface area contributed by atoms with Gasteiger partial charge in [0.15, 0.2) is 0 Å². The van der Waals surface area contributed by atoms with Gasteiger partial charge >= 0.3 is 0 Å². The molecule has 0 saturated heterocycles. The van der Waals surface area contributed by atoms with Gasteiger partial charge in [0.1, 0.15) is 23.8 Å². The Morgan fingerprint density at radius 1 is 1.12 bits per heavy atom. The third-order valence-electron chi connectivity index (χ3n) is 3.51. The Bertz CT molecular complexity index is 659. The van der Waals surface area contributed by atoms with Crippen LogP contribution in [-0.2, 0) is 16.1 Å². The molecule has 0 aliphatic carbocycles. The van der Waals surface area contributed by atoms with Crippen LogP contribution in [0.4, 0.5) is 8.78 Å². The predicted molar refractivity (Wildman–Crippen MR) is 85.0 cm³/mol. The van der Waals surface area contributed by atoms with Crippen LogP contribution in [0.2, 0.25) is 0 Å². The summed E-state index contributed by atoms with van der Waals surface area (Å²) in [4.78, 5) is 11.9. The van der Waals surface area contributed by atoms with Gasteiger partial charge in [-0.15, -0.1) is 0 Å². The number of amides is 1. The summed E-state index contributed by atoms with van der Waals surface area (Å²) in [5, 5.41) is 12.3. The van der Waals surface area contributed by atoms with Gasteiger partial charge in [-0.25, -0.2) is 8.78 Å². The number of benzene rings is 2. The lowest BCUT2D eigenvalue weighted by molar-refractivity contribution is -0.133. The molecular formula is C18H19F2NO3. The van der Waals surface area contributed by atoms with Crippen molar-refractivity contribution in [2.75, 3.05) is 6.54 Å². The van der Waals surface area contributed by atoms with E-state index in [4.69, 9.17) is 4.74 Å². The minimum Gasteiger partial charge on any atom is -0.386 e. The highest BCUT2D eigenvalue weighted by Gasteiger charge is 2.20. The summed E-state index contributed by atoms with van der Waals surface area (Å²) in [5.74, 6) is -2.18. The van der Waals surface area contributed by atoms with Crippen LogP contribution in [0.5, 0.6) is 0 Å². The Morgan fingerprint density at radius 2 is 1.75 bits per heavy atom. The number of hydrogen-bond acceptors (Lipinski definition) is 3. The van der Waals surface area contributed by atoms with E-state index in [1.54, 1.807) is 6.92 Å². The number of halogens is 2. The minimum atomic E-state index is -1.48. The van der Waals surface area contributed by atoms with Crippen molar-refractivity contribution in [1.29, 1.82) is 0 Å². The molecule has 0 fully saturated rings. The molecule has 2 unspecified atom stereocenters. The van der Waals surface area contributed by atoms with Gasteiger partial charge in [0.2, 0.25) is 5.91 Å². The van der Waals surface area contributed by atoms with Crippen molar-refractivity contribution in [3.63, 3.8) is 0 Å². The molecule has 2 aromatic rings. The maximum atomic E-state index is 13.6. The molecule has 2 rings (SSSR count). The largest absolute Gasteiger partial charge is 0.386 e. The molecule has 4 nitrogen and oxygen atoms in total. The first-order chi connectivity index (χ1) is 11.5. The zero-order chi connectivity index (χ0) is 17.5. The predicted octanol–water partition coefficient (Wildman–Crippen LogP) is 2.72. The maximum absolute atomic E-state index is 13.6. The molecule has 24 heavy (non-hydrogen) atoms. The number of carbonyl (C=O) groups is 1. The van der Waals surface area contributed by atoms with Crippen LogP contribution in [0.1, 0.15) is 24.2 Å². The summed E-state index contributed by atoms with van der Waals surface area (Å²) in [6.07, 6.45) is -2.24. The number of aliphatic hydroxyl groups is 1. The van der Waals surface area contributed by atoms with Gasteiger partial charge in [-0.1, -0.05) is 36.4 Å². The van der Waals surface area contributed by atoms with Gasteiger partial charge < -0.3 is 15.2 Å². The number of nitrogens with one attached hydrogen (secondary N) is 1. The summed E-state index contributed by atoms with van der Waals surface area (Å²) < 4.78 is 32.5. The van der Waals surface area contributed by atoms with E-state index < -0.39 is 35.3 Å². The zero-order valence-corrected chi connectivity index (χ0v) is 13.2. The minimum absolute atomic E-state index is 0.264. The van der Waals surface area contributed by atoms with Crippen molar-refractivity contribution >= 4 is 5.91 Å². The molecule has 0 saturated carbocycles. The number of carbonyl (C=O) groups excluding carboxylic acids is 1. The van der Waals surface area contributed by atoms with E-state index in [2.05, 4.69) is 5.32 Å². The Balaban J connectivity index is 1.83. The SMILES string of the molecule is CC(OCc1ccccc1)C(=O)NCC(O)c1c(F)cccc1F. The monoisotopic (exact) mass is 335 g/mol. The summed E-state index contributed by atoms with van der Waals surface area (Å²) >= 11 is 0. The first kappa shape index (κ1) is 18.0. The van der Waals surface area contributed by atoms with E-state index in [0.717, 1.165) is 17.7 Å².